The summed E-state index contributed by atoms with van der Waals surface area (Å²) in [6.07, 6.45) is 0. The molecule has 6 rings (SSSR count). The zero-order valence-electron chi connectivity index (χ0n) is 33.0. The van der Waals surface area contributed by atoms with E-state index >= 15 is 0 Å². The van der Waals surface area contributed by atoms with Gasteiger partial charge in [-0.2, -0.15) is 0 Å². The van der Waals surface area contributed by atoms with E-state index in [9.17, 15) is 36.6 Å². The molecule has 0 fully saturated rings. The van der Waals surface area contributed by atoms with Crippen molar-refractivity contribution in [2.45, 2.75) is 21.6 Å². The van der Waals surface area contributed by atoms with Crippen molar-refractivity contribution in [1.29, 1.82) is 0 Å². The van der Waals surface area contributed by atoms with Gasteiger partial charge in [0.25, 0.3) is 0 Å². The maximum absolute atomic E-state index is 12.6. The fraction of sp³-hybridized carbons (Fsp3) is 0.136. The van der Waals surface area contributed by atoms with E-state index in [1.165, 1.54) is 0 Å². The summed E-state index contributed by atoms with van der Waals surface area (Å²) in [5.74, 6) is -2.27. The SMILES string of the molecule is O=C([O-])COc1ccc(C(CNS(=O)(=O)c2ccccc2)c2ccccc2)cc1.O=C([O-])COc1ccc(C(CNS(=O)(=O)c2ccccc2)c2ccccc2)cc1.[Na+].[Na+]. The van der Waals surface area contributed by atoms with Gasteiger partial charge in [-0.3, -0.25) is 0 Å². The van der Waals surface area contributed by atoms with Gasteiger partial charge in [0.1, 0.15) is 24.7 Å². The number of carbonyl (C=O) groups is 2. The Hall–Kier alpha value is -4.32. The van der Waals surface area contributed by atoms with E-state index in [1.807, 2.05) is 60.7 Å². The van der Waals surface area contributed by atoms with Gasteiger partial charge in [0.05, 0.1) is 21.7 Å². The minimum atomic E-state index is -3.64. The Morgan fingerprint density at radius 1 is 0.433 bits per heavy atom. The van der Waals surface area contributed by atoms with Crippen molar-refractivity contribution >= 4 is 32.0 Å². The summed E-state index contributed by atoms with van der Waals surface area (Å²) >= 11 is 0. The molecular weight excluding hydrogens is 827 g/mol. The number of rotatable bonds is 18. The molecule has 2 N–H and O–H groups in total. The van der Waals surface area contributed by atoms with Crippen LogP contribution in [-0.2, 0) is 29.6 Å². The van der Waals surface area contributed by atoms with Gasteiger partial charge in [-0.1, -0.05) is 121 Å². The number of hydrogen-bond acceptors (Lipinski definition) is 10. The number of carbonyl (C=O) groups excluding carboxylic acids is 2. The number of carboxylic acids is 2. The summed E-state index contributed by atoms with van der Waals surface area (Å²) in [6.45, 7) is -0.725. The molecule has 16 heteroatoms. The van der Waals surface area contributed by atoms with E-state index in [0.29, 0.717) is 11.5 Å². The molecule has 0 saturated carbocycles. The largest absolute Gasteiger partial charge is 1.00 e. The average Bonchev–Trinajstić information content (AvgIpc) is 3.25. The molecular formula is C44H40N2Na2O10S2. The fourth-order valence-corrected chi connectivity index (χ4v) is 7.99. The van der Waals surface area contributed by atoms with E-state index in [1.54, 1.807) is 109 Å². The molecule has 0 aromatic heterocycles. The number of aliphatic carboxylic acids is 2. The smallest absolute Gasteiger partial charge is 0.546 e. The van der Waals surface area contributed by atoms with Gasteiger partial charge in [-0.05, 0) is 70.8 Å². The molecule has 0 aliphatic heterocycles. The molecule has 2 atom stereocenters. The number of hydrogen-bond donors (Lipinski definition) is 2. The van der Waals surface area contributed by atoms with Crippen molar-refractivity contribution in [2.75, 3.05) is 26.3 Å². The van der Waals surface area contributed by atoms with Gasteiger partial charge in [0.2, 0.25) is 20.0 Å². The maximum Gasteiger partial charge on any atom is 1.00 e. The summed E-state index contributed by atoms with van der Waals surface area (Å²) in [7, 11) is -7.29. The van der Waals surface area contributed by atoms with Crippen LogP contribution in [0.2, 0.25) is 0 Å². The monoisotopic (exact) mass is 866 g/mol. The summed E-state index contributed by atoms with van der Waals surface area (Å²) in [5.41, 5.74) is 3.64. The zero-order valence-corrected chi connectivity index (χ0v) is 38.7. The molecule has 0 aliphatic rings. The Morgan fingerprint density at radius 3 is 0.983 bits per heavy atom. The van der Waals surface area contributed by atoms with E-state index in [2.05, 4.69) is 9.44 Å². The second kappa shape index (κ2) is 24.8. The number of sulfonamides is 2. The van der Waals surface area contributed by atoms with Gasteiger partial charge in [-0.15, -0.1) is 0 Å². The van der Waals surface area contributed by atoms with Crippen molar-refractivity contribution in [3.63, 3.8) is 0 Å². The topological polar surface area (TPSA) is 191 Å². The molecule has 6 aromatic carbocycles. The van der Waals surface area contributed by atoms with Crippen LogP contribution in [0, 0.1) is 0 Å². The van der Waals surface area contributed by atoms with Crippen LogP contribution >= 0.6 is 0 Å². The van der Waals surface area contributed by atoms with Gasteiger partial charge >= 0.3 is 59.1 Å². The van der Waals surface area contributed by atoms with Gasteiger partial charge in [0.15, 0.2) is 0 Å². The van der Waals surface area contributed by atoms with Crippen molar-refractivity contribution in [3.8, 4) is 11.5 Å². The molecule has 0 aliphatic carbocycles. The van der Waals surface area contributed by atoms with Crippen molar-refractivity contribution < 1.29 is 105 Å². The van der Waals surface area contributed by atoms with Crippen LogP contribution in [0.3, 0.4) is 0 Å². The molecule has 12 nitrogen and oxygen atoms in total. The summed E-state index contributed by atoms with van der Waals surface area (Å²) < 4.78 is 66.0. The molecule has 0 spiro atoms. The predicted molar refractivity (Wildman–Crippen MR) is 214 cm³/mol. The summed E-state index contributed by atoms with van der Waals surface area (Å²) in [6, 6.07) is 49.3. The van der Waals surface area contributed by atoms with E-state index < -0.39 is 45.2 Å². The molecule has 0 amide bonds. The van der Waals surface area contributed by atoms with Crippen LogP contribution in [-0.4, -0.2) is 55.1 Å². The second-order valence-electron chi connectivity index (χ2n) is 12.7. The first-order valence-electron chi connectivity index (χ1n) is 18.0. The Kier molecular flexibility index (Phi) is 20.7. The number of nitrogens with one attached hydrogen (secondary N) is 2. The van der Waals surface area contributed by atoms with Gasteiger partial charge in [0, 0.05) is 24.9 Å². The van der Waals surface area contributed by atoms with Crippen LogP contribution in [0.1, 0.15) is 34.1 Å². The zero-order chi connectivity index (χ0) is 41.4. The third-order valence-corrected chi connectivity index (χ3v) is 11.6. The van der Waals surface area contributed by atoms with Crippen LogP contribution in [0.4, 0.5) is 0 Å². The normalized spacial score (nSPS) is 11.9. The fourth-order valence-electron chi connectivity index (χ4n) is 5.86. The molecule has 0 heterocycles. The summed E-state index contributed by atoms with van der Waals surface area (Å²) in [5, 5.41) is 21.1. The van der Waals surface area contributed by atoms with Crippen LogP contribution in [0.15, 0.2) is 180 Å². The first-order valence-corrected chi connectivity index (χ1v) is 20.9. The quantitative estimate of drug-likeness (QED) is 0.0903. The minimum absolute atomic E-state index is 0. The molecule has 300 valence electrons. The molecule has 6 aromatic rings. The van der Waals surface area contributed by atoms with Crippen molar-refractivity contribution in [2.24, 2.45) is 0 Å². The Bertz CT molecular complexity index is 2260. The predicted octanol–water partition coefficient (Wildman–Crippen LogP) is -2.14. The summed E-state index contributed by atoms with van der Waals surface area (Å²) in [4.78, 5) is 21.5. The molecule has 0 bridgehead atoms. The number of benzene rings is 6. The van der Waals surface area contributed by atoms with E-state index in [4.69, 9.17) is 9.47 Å². The Labute approximate surface area is 394 Å². The first-order chi connectivity index (χ1) is 27.9. The van der Waals surface area contributed by atoms with Crippen molar-refractivity contribution in [3.05, 3.63) is 192 Å². The maximum atomic E-state index is 12.6. The Morgan fingerprint density at radius 2 is 0.700 bits per heavy atom. The molecule has 0 saturated heterocycles. The van der Waals surface area contributed by atoms with Crippen LogP contribution < -0.4 is 88.2 Å². The van der Waals surface area contributed by atoms with Gasteiger partial charge < -0.3 is 29.3 Å². The third-order valence-electron chi connectivity index (χ3n) is 8.74. The van der Waals surface area contributed by atoms with Crippen LogP contribution in [0.25, 0.3) is 0 Å². The number of carboxylic acid groups (broad SMARTS) is 2. The molecule has 2 unspecified atom stereocenters. The molecule has 0 radical (unpaired) electrons. The van der Waals surface area contributed by atoms with E-state index in [-0.39, 0.29) is 93.8 Å². The second-order valence-corrected chi connectivity index (χ2v) is 16.2. The first kappa shape index (κ1) is 50.0. The molecule has 60 heavy (non-hydrogen) atoms. The average molecular weight is 867 g/mol. The minimum Gasteiger partial charge on any atom is -0.546 e. The Balaban J connectivity index is 0.000000310. The van der Waals surface area contributed by atoms with Crippen LogP contribution in [0.5, 0.6) is 11.5 Å². The van der Waals surface area contributed by atoms with Gasteiger partial charge in [-0.25, -0.2) is 26.3 Å². The van der Waals surface area contributed by atoms with Crippen molar-refractivity contribution in [1.82, 2.24) is 9.44 Å². The standard InChI is InChI=1S/2C22H21NO5S.2Na/c2*24-22(25)16-28-19-13-11-18(12-14-19)21(17-7-3-1-4-8-17)15-23-29(26,27)20-9-5-2-6-10-20;;/h2*1-14,21,23H,15-16H2,(H,24,25);;/q;;2*+1/p-2. The number of ether oxygens (including phenoxy) is 2. The van der Waals surface area contributed by atoms with E-state index in [0.717, 1.165) is 22.3 Å². The third kappa shape index (κ3) is 15.6.